The van der Waals surface area contributed by atoms with Gasteiger partial charge >= 0.3 is 6.09 Å². The summed E-state index contributed by atoms with van der Waals surface area (Å²) in [4.78, 5) is 22.8. The lowest BCUT2D eigenvalue weighted by atomic mass is 10.1. The minimum absolute atomic E-state index is 0.145. The van der Waals surface area contributed by atoms with E-state index in [4.69, 9.17) is 10.8 Å². The summed E-state index contributed by atoms with van der Waals surface area (Å²) in [5.74, 6) is 1.66. The van der Waals surface area contributed by atoms with Crippen LogP contribution in [0.3, 0.4) is 0 Å². The molecule has 0 radical (unpaired) electrons. The number of carbonyl (C=O) groups is 2. The highest BCUT2D eigenvalue weighted by Gasteiger charge is 2.23. The molecule has 6 nitrogen and oxygen atoms in total. The van der Waals surface area contributed by atoms with E-state index in [1.807, 2.05) is 0 Å². The van der Waals surface area contributed by atoms with E-state index in [1.165, 1.54) is 0 Å². The van der Waals surface area contributed by atoms with Gasteiger partial charge in [0, 0.05) is 17.5 Å². The molecule has 2 amide bonds. The third-order valence-corrected chi connectivity index (χ3v) is 5.33. The number of hydrogen-bond acceptors (Lipinski definition) is 5. The maximum Gasteiger partial charge on any atom is 0.405 e. The minimum atomic E-state index is -1.17. The second kappa shape index (κ2) is 9.33. The zero-order chi connectivity index (χ0) is 14.1. The number of hydrogen-bond donors (Lipinski definition) is 4. The van der Waals surface area contributed by atoms with Crippen LogP contribution in [0.1, 0.15) is 25.7 Å². The van der Waals surface area contributed by atoms with Crippen LogP contribution < -0.4 is 16.4 Å². The predicted octanol–water partition coefficient (Wildman–Crippen LogP) is 1.02. The summed E-state index contributed by atoms with van der Waals surface area (Å²) in [5, 5.41) is 14.0. The van der Waals surface area contributed by atoms with Gasteiger partial charge in [-0.25, -0.2) is 4.79 Å². The molecule has 0 aromatic carbocycles. The molecule has 19 heavy (non-hydrogen) atoms. The van der Waals surface area contributed by atoms with E-state index >= 15 is 0 Å². The fourth-order valence-electron chi connectivity index (χ4n) is 1.79. The first-order chi connectivity index (χ1) is 9.13. The van der Waals surface area contributed by atoms with Crippen LogP contribution in [0.25, 0.3) is 0 Å². The van der Waals surface area contributed by atoms with E-state index in [-0.39, 0.29) is 11.9 Å². The van der Waals surface area contributed by atoms with Gasteiger partial charge in [-0.3, -0.25) is 4.79 Å². The average molecular weight is 307 g/mol. The Hall–Kier alpha value is -0.600. The molecule has 1 unspecified atom stereocenters. The second-order valence-electron chi connectivity index (χ2n) is 4.39. The van der Waals surface area contributed by atoms with E-state index < -0.39 is 12.1 Å². The molecular formula is C11H21N3O3S2. The highest BCUT2D eigenvalue weighted by atomic mass is 33.1. The lowest BCUT2D eigenvalue weighted by Crippen LogP contribution is -2.50. The lowest BCUT2D eigenvalue weighted by molar-refractivity contribution is -0.123. The molecule has 0 aromatic heterocycles. The van der Waals surface area contributed by atoms with Gasteiger partial charge in [0.1, 0.15) is 6.04 Å². The van der Waals surface area contributed by atoms with Gasteiger partial charge in [0.25, 0.3) is 0 Å². The highest BCUT2D eigenvalue weighted by Crippen LogP contribution is 2.29. The lowest BCUT2D eigenvalue weighted by Gasteiger charge is -2.24. The number of carbonyl (C=O) groups excluding carboxylic acids is 1. The van der Waals surface area contributed by atoms with Crippen molar-refractivity contribution >= 4 is 33.6 Å². The summed E-state index contributed by atoms with van der Waals surface area (Å²) >= 11 is 0. The van der Waals surface area contributed by atoms with Gasteiger partial charge in [-0.2, -0.15) is 0 Å². The standard InChI is InChI=1S/C11H21N3O3S2/c12-5-2-1-3-9(14-11(16)17)10(15)13-8-4-6-18-19-7-8/h8-9,14H,1-7,12H2,(H,13,15)(H,16,17)/t8?,9-/m0/s1. The number of carboxylic acid groups (broad SMARTS) is 1. The first-order valence-electron chi connectivity index (χ1n) is 6.37. The van der Waals surface area contributed by atoms with Crippen LogP contribution in [-0.2, 0) is 4.79 Å². The van der Waals surface area contributed by atoms with Crippen LogP contribution in [0.4, 0.5) is 4.79 Å². The molecule has 1 fully saturated rings. The molecule has 1 heterocycles. The quantitative estimate of drug-likeness (QED) is 0.413. The molecule has 0 bridgehead atoms. The van der Waals surface area contributed by atoms with Crippen LogP contribution in [0.2, 0.25) is 0 Å². The van der Waals surface area contributed by atoms with E-state index in [1.54, 1.807) is 21.6 Å². The number of rotatable bonds is 7. The zero-order valence-electron chi connectivity index (χ0n) is 10.8. The van der Waals surface area contributed by atoms with Crippen LogP contribution >= 0.6 is 21.6 Å². The third-order valence-electron chi connectivity index (χ3n) is 2.81. The Morgan fingerprint density at radius 2 is 2.16 bits per heavy atom. The average Bonchev–Trinajstić information content (AvgIpc) is 2.38. The van der Waals surface area contributed by atoms with Crippen molar-refractivity contribution in [2.75, 3.05) is 18.1 Å². The summed E-state index contributed by atoms with van der Waals surface area (Å²) in [6.07, 6.45) is 1.79. The van der Waals surface area contributed by atoms with Gasteiger partial charge in [0.05, 0.1) is 0 Å². The monoisotopic (exact) mass is 307 g/mol. The Balaban J connectivity index is 2.41. The largest absolute Gasteiger partial charge is 0.465 e. The molecule has 1 saturated heterocycles. The van der Waals surface area contributed by atoms with Crippen molar-refractivity contribution in [3.05, 3.63) is 0 Å². The van der Waals surface area contributed by atoms with Gasteiger partial charge in [-0.15, -0.1) is 0 Å². The molecule has 0 aliphatic carbocycles. The van der Waals surface area contributed by atoms with E-state index in [2.05, 4.69) is 10.6 Å². The van der Waals surface area contributed by atoms with E-state index in [0.29, 0.717) is 13.0 Å². The molecule has 8 heteroatoms. The summed E-state index contributed by atoms with van der Waals surface area (Å²) < 4.78 is 0. The molecule has 0 saturated carbocycles. The van der Waals surface area contributed by atoms with Gasteiger partial charge in [-0.1, -0.05) is 21.6 Å². The molecule has 110 valence electrons. The summed E-state index contributed by atoms with van der Waals surface area (Å²) in [6, 6.07) is -0.532. The normalized spacial score (nSPS) is 20.6. The Labute approximate surface area is 121 Å². The summed E-state index contributed by atoms with van der Waals surface area (Å²) in [5.41, 5.74) is 5.40. The molecular weight excluding hydrogens is 286 g/mol. The fraction of sp³-hybridized carbons (Fsp3) is 0.818. The van der Waals surface area contributed by atoms with Crippen molar-refractivity contribution in [1.82, 2.24) is 10.6 Å². The predicted molar refractivity (Wildman–Crippen MR) is 79.3 cm³/mol. The number of amides is 2. The third kappa shape index (κ3) is 6.93. The molecule has 1 aliphatic rings. The van der Waals surface area contributed by atoms with Crippen molar-refractivity contribution in [1.29, 1.82) is 0 Å². The van der Waals surface area contributed by atoms with Gasteiger partial charge < -0.3 is 21.5 Å². The van der Waals surface area contributed by atoms with Gasteiger partial charge in [-0.05, 0) is 32.2 Å². The topological polar surface area (TPSA) is 104 Å². The van der Waals surface area contributed by atoms with Crippen LogP contribution in [0.15, 0.2) is 0 Å². The van der Waals surface area contributed by atoms with Gasteiger partial charge in [0.15, 0.2) is 0 Å². The minimum Gasteiger partial charge on any atom is -0.465 e. The first kappa shape index (κ1) is 16.5. The van der Waals surface area contributed by atoms with Crippen molar-refractivity contribution < 1.29 is 14.7 Å². The number of nitrogens with one attached hydrogen (secondary N) is 2. The van der Waals surface area contributed by atoms with Crippen molar-refractivity contribution in [3.63, 3.8) is 0 Å². The fourth-order valence-corrected chi connectivity index (χ4v) is 4.22. The van der Waals surface area contributed by atoms with Crippen LogP contribution in [0, 0.1) is 0 Å². The number of nitrogens with two attached hydrogens (primary N) is 1. The molecule has 5 N–H and O–H groups in total. The second-order valence-corrected chi connectivity index (χ2v) is 7.01. The number of unbranched alkanes of at least 4 members (excludes halogenated alkanes) is 1. The van der Waals surface area contributed by atoms with Crippen LogP contribution in [-0.4, -0.2) is 47.2 Å². The molecule has 2 atom stereocenters. The Kier molecular flexibility index (Phi) is 8.08. The molecule has 0 spiro atoms. The Morgan fingerprint density at radius 3 is 2.74 bits per heavy atom. The molecule has 1 rings (SSSR count). The van der Waals surface area contributed by atoms with Crippen molar-refractivity contribution in [2.45, 2.75) is 37.8 Å². The maximum atomic E-state index is 12.1. The van der Waals surface area contributed by atoms with E-state index in [9.17, 15) is 9.59 Å². The smallest absolute Gasteiger partial charge is 0.405 e. The van der Waals surface area contributed by atoms with Crippen molar-refractivity contribution in [2.24, 2.45) is 5.73 Å². The highest BCUT2D eigenvalue weighted by molar-refractivity contribution is 8.76. The van der Waals surface area contributed by atoms with Crippen LogP contribution in [0.5, 0.6) is 0 Å². The van der Waals surface area contributed by atoms with Gasteiger partial charge in [0.2, 0.25) is 5.91 Å². The summed E-state index contributed by atoms with van der Waals surface area (Å²) in [6.45, 7) is 0.553. The maximum absolute atomic E-state index is 12.1. The molecule has 0 aromatic rings. The SMILES string of the molecule is NCCCC[C@H](NC(=O)O)C(=O)NC1CCSSC1. The molecule has 1 aliphatic heterocycles. The first-order valence-corrected chi connectivity index (χ1v) is 8.86. The van der Waals surface area contributed by atoms with Crippen molar-refractivity contribution in [3.8, 4) is 0 Å². The summed E-state index contributed by atoms with van der Waals surface area (Å²) in [7, 11) is 3.54. The Bertz CT molecular complexity index is 299. The zero-order valence-corrected chi connectivity index (χ0v) is 12.4. The van der Waals surface area contributed by atoms with E-state index in [0.717, 1.165) is 30.8 Å². The Morgan fingerprint density at radius 1 is 1.37 bits per heavy atom.